The van der Waals surface area contributed by atoms with Gasteiger partial charge < -0.3 is 0 Å². The van der Waals surface area contributed by atoms with Crippen LogP contribution in [0.4, 0.5) is 4.39 Å². The predicted molar refractivity (Wildman–Crippen MR) is 39.1 cm³/mol. The second-order valence-corrected chi connectivity index (χ2v) is 3.23. The highest BCUT2D eigenvalue weighted by Crippen LogP contribution is 2.19. The molecule has 0 amide bonds. The van der Waals surface area contributed by atoms with E-state index in [0.717, 1.165) is 0 Å². The Balaban J connectivity index is 3.58. The summed E-state index contributed by atoms with van der Waals surface area (Å²) in [7, 11) is 0. The summed E-state index contributed by atoms with van der Waals surface area (Å²) in [6, 6.07) is 0. The molecule has 0 aliphatic heterocycles. The quantitative estimate of drug-likeness (QED) is 0.554. The van der Waals surface area contributed by atoms with Gasteiger partial charge in [0.25, 0.3) is 0 Å². The fraction of sp³-hybridized carbons (Fsp3) is 1.00. The van der Waals surface area contributed by atoms with Crippen LogP contribution in [0.3, 0.4) is 0 Å². The molecule has 0 radical (unpaired) electrons. The third kappa shape index (κ3) is 2.83. The van der Waals surface area contributed by atoms with Crippen LogP contribution in [-0.4, -0.2) is 6.67 Å². The lowest BCUT2D eigenvalue weighted by atomic mass is 9.87. The molecule has 0 bridgehead atoms. The second-order valence-electron chi connectivity index (χ2n) is 3.23. The van der Waals surface area contributed by atoms with Crippen molar-refractivity contribution in [3.63, 3.8) is 0 Å². The molecule has 2 unspecified atom stereocenters. The van der Waals surface area contributed by atoms with Crippen LogP contribution in [0.5, 0.6) is 0 Å². The monoisotopic (exact) mass is 132 g/mol. The molecule has 0 rings (SSSR count). The van der Waals surface area contributed by atoms with E-state index in [9.17, 15) is 4.39 Å². The lowest BCUT2D eigenvalue weighted by Gasteiger charge is -2.20. The SMILES string of the molecule is CC(C)C(C)C(C)CF. The summed E-state index contributed by atoms with van der Waals surface area (Å²) in [6.07, 6.45) is 0. The van der Waals surface area contributed by atoms with Crippen LogP contribution < -0.4 is 0 Å². The van der Waals surface area contributed by atoms with Crippen LogP contribution in [0.25, 0.3) is 0 Å². The molecule has 0 fully saturated rings. The van der Waals surface area contributed by atoms with Crippen molar-refractivity contribution in [1.29, 1.82) is 0 Å². The maximum atomic E-state index is 12.0. The van der Waals surface area contributed by atoms with E-state index in [1.807, 2.05) is 6.92 Å². The molecular weight excluding hydrogens is 115 g/mol. The zero-order chi connectivity index (χ0) is 7.44. The van der Waals surface area contributed by atoms with E-state index in [0.29, 0.717) is 11.8 Å². The van der Waals surface area contributed by atoms with Crippen molar-refractivity contribution in [1.82, 2.24) is 0 Å². The van der Waals surface area contributed by atoms with E-state index in [4.69, 9.17) is 0 Å². The van der Waals surface area contributed by atoms with Gasteiger partial charge in [0.05, 0.1) is 6.67 Å². The molecule has 0 saturated heterocycles. The van der Waals surface area contributed by atoms with Crippen molar-refractivity contribution in [3.8, 4) is 0 Å². The molecule has 0 aromatic heterocycles. The third-order valence-electron chi connectivity index (χ3n) is 2.19. The van der Waals surface area contributed by atoms with Crippen molar-refractivity contribution >= 4 is 0 Å². The Hall–Kier alpha value is -0.0700. The normalized spacial score (nSPS) is 18.0. The molecule has 0 aliphatic rings. The van der Waals surface area contributed by atoms with E-state index >= 15 is 0 Å². The molecule has 0 saturated carbocycles. The minimum atomic E-state index is -0.181. The van der Waals surface area contributed by atoms with Gasteiger partial charge in [-0.3, -0.25) is 4.39 Å². The molecule has 0 nitrogen and oxygen atoms in total. The summed E-state index contributed by atoms with van der Waals surface area (Å²) < 4.78 is 12.0. The van der Waals surface area contributed by atoms with Crippen LogP contribution in [0.1, 0.15) is 27.7 Å². The summed E-state index contributed by atoms with van der Waals surface area (Å²) in [5.41, 5.74) is 0. The highest BCUT2D eigenvalue weighted by atomic mass is 19.1. The molecule has 0 spiro atoms. The maximum absolute atomic E-state index is 12.0. The van der Waals surface area contributed by atoms with Gasteiger partial charge in [-0.15, -0.1) is 0 Å². The summed E-state index contributed by atoms with van der Waals surface area (Å²) >= 11 is 0. The number of hydrogen-bond donors (Lipinski definition) is 0. The van der Waals surface area contributed by atoms with Gasteiger partial charge in [0.1, 0.15) is 0 Å². The number of alkyl halides is 1. The van der Waals surface area contributed by atoms with Crippen LogP contribution in [0.15, 0.2) is 0 Å². The number of hydrogen-bond acceptors (Lipinski definition) is 0. The first-order valence-electron chi connectivity index (χ1n) is 3.65. The van der Waals surface area contributed by atoms with Gasteiger partial charge in [-0.2, -0.15) is 0 Å². The van der Waals surface area contributed by atoms with Gasteiger partial charge >= 0.3 is 0 Å². The van der Waals surface area contributed by atoms with Crippen molar-refractivity contribution in [2.24, 2.45) is 17.8 Å². The Morgan fingerprint density at radius 3 is 1.67 bits per heavy atom. The highest BCUT2D eigenvalue weighted by Gasteiger charge is 2.14. The Morgan fingerprint density at radius 1 is 1.11 bits per heavy atom. The minimum Gasteiger partial charge on any atom is -0.251 e. The van der Waals surface area contributed by atoms with Crippen LogP contribution in [0.2, 0.25) is 0 Å². The molecule has 0 aliphatic carbocycles. The zero-order valence-electron chi connectivity index (χ0n) is 6.82. The van der Waals surface area contributed by atoms with Crippen molar-refractivity contribution in [3.05, 3.63) is 0 Å². The standard InChI is InChI=1S/C8H17F/c1-6(2)8(4)7(3)5-9/h6-8H,5H2,1-4H3. The molecule has 0 heterocycles. The van der Waals surface area contributed by atoms with Gasteiger partial charge in [-0.25, -0.2) is 0 Å². The summed E-state index contributed by atoms with van der Waals surface area (Å²) in [6.45, 7) is 8.16. The van der Waals surface area contributed by atoms with E-state index in [1.165, 1.54) is 0 Å². The van der Waals surface area contributed by atoms with E-state index in [1.54, 1.807) is 0 Å². The lowest BCUT2D eigenvalue weighted by Crippen LogP contribution is -2.15. The predicted octanol–water partition coefficient (Wildman–Crippen LogP) is 2.88. The first-order chi connectivity index (χ1) is 4.09. The van der Waals surface area contributed by atoms with Crippen molar-refractivity contribution in [2.75, 3.05) is 6.67 Å². The molecule has 0 N–H and O–H groups in total. The number of halogens is 1. The summed E-state index contributed by atoms with van der Waals surface area (Å²) in [4.78, 5) is 0. The minimum absolute atomic E-state index is 0.181. The Kier molecular flexibility index (Phi) is 3.83. The smallest absolute Gasteiger partial charge is 0.0922 e. The first kappa shape index (κ1) is 8.93. The fourth-order valence-electron chi connectivity index (χ4n) is 0.798. The lowest BCUT2D eigenvalue weighted by molar-refractivity contribution is 0.242. The highest BCUT2D eigenvalue weighted by molar-refractivity contribution is 4.63. The number of rotatable bonds is 3. The molecule has 0 aromatic carbocycles. The largest absolute Gasteiger partial charge is 0.251 e. The second kappa shape index (κ2) is 3.86. The van der Waals surface area contributed by atoms with Crippen LogP contribution >= 0.6 is 0 Å². The van der Waals surface area contributed by atoms with E-state index in [-0.39, 0.29) is 12.6 Å². The summed E-state index contributed by atoms with van der Waals surface area (Å²) in [5.74, 6) is 1.34. The maximum Gasteiger partial charge on any atom is 0.0922 e. The molecule has 56 valence electrons. The summed E-state index contributed by atoms with van der Waals surface area (Å²) in [5, 5.41) is 0. The first-order valence-corrected chi connectivity index (χ1v) is 3.65. The topological polar surface area (TPSA) is 0 Å². The fourth-order valence-corrected chi connectivity index (χ4v) is 0.798. The molecule has 0 aromatic rings. The Morgan fingerprint density at radius 2 is 1.56 bits per heavy atom. The molecular formula is C8H17F. The van der Waals surface area contributed by atoms with Gasteiger partial charge in [-0.1, -0.05) is 27.7 Å². The Bertz CT molecular complexity index is 69.0. The third-order valence-corrected chi connectivity index (χ3v) is 2.19. The average molecular weight is 132 g/mol. The van der Waals surface area contributed by atoms with Gasteiger partial charge in [0.15, 0.2) is 0 Å². The molecule has 2 atom stereocenters. The van der Waals surface area contributed by atoms with Crippen LogP contribution in [-0.2, 0) is 0 Å². The molecule has 9 heavy (non-hydrogen) atoms. The van der Waals surface area contributed by atoms with Gasteiger partial charge in [0, 0.05) is 0 Å². The average Bonchev–Trinajstić information content (AvgIpc) is 1.84. The van der Waals surface area contributed by atoms with Gasteiger partial charge in [0.2, 0.25) is 0 Å². The molecule has 1 heteroatoms. The van der Waals surface area contributed by atoms with Gasteiger partial charge in [-0.05, 0) is 17.8 Å². The zero-order valence-corrected chi connectivity index (χ0v) is 6.82. The van der Waals surface area contributed by atoms with E-state index < -0.39 is 0 Å². The van der Waals surface area contributed by atoms with E-state index in [2.05, 4.69) is 20.8 Å². The van der Waals surface area contributed by atoms with Crippen molar-refractivity contribution < 1.29 is 4.39 Å². The van der Waals surface area contributed by atoms with Crippen molar-refractivity contribution in [2.45, 2.75) is 27.7 Å². The van der Waals surface area contributed by atoms with Crippen LogP contribution in [0, 0.1) is 17.8 Å². The Labute approximate surface area is 57.5 Å².